The molecule has 1 heterocycles. The van der Waals surface area contributed by atoms with E-state index in [0.29, 0.717) is 24.5 Å². The fraction of sp³-hybridized carbons (Fsp3) is 0.529. The Bertz CT molecular complexity index is 574. The summed E-state index contributed by atoms with van der Waals surface area (Å²) < 4.78 is 10.5. The minimum Gasteiger partial charge on any atom is -0.493 e. The second-order valence-electron chi connectivity index (χ2n) is 5.68. The van der Waals surface area contributed by atoms with Crippen molar-refractivity contribution < 1.29 is 19.1 Å². The average molecular weight is 320 g/mol. The molecule has 1 N–H and O–H groups in total. The summed E-state index contributed by atoms with van der Waals surface area (Å²) in [6, 6.07) is 5.36. The van der Waals surface area contributed by atoms with Gasteiger partial charge in [-0.2, -0.15) is 0 Å². The molecular formula is C17H24N2O4. The molecule has 2 rings (SSSR count). The van der Waals surface area contributed by atoms with E-state index < -0.39 is 0 Å². The van der Waals surface area contributed by atoms with Crippen molar-refractivity contribution in [1.82, 2.24) is 10.2 Å². The van der Waals surface area contributed by atoms with Gasteiger partial charge in [-0.3, -0.25) is 9.59 Å². The van der Waals surface area contributed by atoms with Gasteiger partial charge in [-0.15, -0.1) is 0 Å². The van der Waals surface area contributed by atoms with Crippen LogP contribution in [0.5, 0.6) is 11.5 Å². The maximum atomic E-state index is 12.2. The van der Waals surface area contributed by atoms with Crippen LogP contribution in [-0.2, 0) is 9.59 Å². The van der Waals surface area contributed by atoms with Crippen LogP contribution in [0.1, 0.15) is 37.8 Å². The first-order chi connectivity index (χ1) is 11.0. The van der Waals surface area contributed by atoms with Gasteiger partial charge < -0.3 is 19.7 Å². The quantitative estimate of drug-likeness (QED) is 0.869. The second-order valence-corrected chi connectivity index (χ2v) is 5.68. The molecule has 0 aliphatic carbocycles. The number of benzene rings is 1. The molecule has 6 nitrogen and oxygen atoms in total. The lowest BCUT2D eigenvalue weighted by molar-refractivity contribution is -0.138. The Morgan fingerprint density at radius 2 is 2.00 bits per heavy atom. The van der Waals surface area contributed by atoms with Crippen molar-refractivity contribution in [2.75, 3.05) is 27.3 Å². The fourth-order valence-electron chi connectivity index (χ4n) is 2.69. The van der Waals surface area contributed by atoms with Gasteiger partial charge >= 0.3 is 0 Å². The number of ether oxygens (including phenoxy) is 2. The molecule has 0 saturated carbocycles. The van der Waals surface area contributed by atoms with Crippen LogP contribution in [0.25, 0.3) is 0 Å². The minimum absolute atomic E-state index is 0.0603. The summed E-state index contributed by atoms with van der Waals surface area (Å²) in [6.07, 6.45) is 2.42. The lowest BCUT2D eigenvalue weighted by atomic mass is 10.1. The molecule has 23 heavy (non-hydrogen) atoms. The summed E-state index contributed by atoms with van der Waals surface area (Å²) in [5.74, 6) is 1.18. The molecule has 0 radical (unpaired) electrons. The molecule has 0 unspecified atom stereocenters. The largest absolute Gasteiger partial charge is 0.493 e. The van der Waals surface area contributed by atoms with Crippen molar-refractivity contribution in [3.8, 4) is 11.5 Å². The Morgan fingerprint density at radius 3 is 2.65 bits per heavy atom. The third kappa shape index (κ3) is 4.37. The molecular weight excluding hydrogens is 296 g/mol. The standard InChI is InChI=1S/C17H24N2O4/c1-12(13-7-8-14(22-2)15(10-13)23-3)18-16(20)11-19-9-5-4-6-17(19)21/h7-8,10,12H,4-6,9,11H2,1-3H3,(H,18,20)/t12-/m1/s1. The Kier molecular flexibility index (Phi) is 5.84. The second kappa shape index (κ2) is 7.85. The van der Waals surface area contributed by atoms with Crippen molar-refractivity contribution in [2.45, 2.75) is 32.2 Å². The minimum atomic E-state index is -0.179. The van der Waals surface area contributed by atoms with E-state index in [2.05, 4.69) is 5.32 Å². The van der Waals surface area contributed by atoms with Gasteiger partial charge in [0.1, 0.15) is 0 Å². The van der Waals surface area contributed by atoms with Crippen molar-refractivity contribution in [3.05, 3.63) is 23.8 Å². The summed E-state index contributed by atoms with van der Waals surface area (Å²) in [6.45, 7) is 2.69. The molecule has 0 aromatic heterocycles. The van der Waals surface area contributed by atoms with Crippen LogP contribution in [0.3, 0.4) is 0 Å². The predicted octanol–water partition coefficient (Wildman–Crippen LogP) is 1.89. The van der Waals surface area contributed by atoms with Gasteiger partial charge in [-0.05, 0) is 37.5 Å². The van der Waals surface area contributed by atoms with Gasteiger partial charge in [0, 0.05) is 13.0 Å². The Labute approximate surface area is 136 Å². The van der Waals surface area contributed by atoms with Crippen molar-refractivity contribution in [1.29, 1.82) is 0 Å². The lowest BCUT2D eigenvalue weighted by Gasteiger charge is -2.26. The number of likely N-dealkylation sites (tertiary alicyclic amines) is 1. The number of amides is 2. The van der Waals surface area contributed by atoms with Gasteiger partial charge in [-0.1, -0.05) is 6.07 Å². The van der Waals surface area contributed by atoms with Gasteiger partial charge in [0.25, 0.3) is 0 Å². The number of carbonyl (C=O) groups is 2. The first-order valence-corrected chi connectivity index (χ1v) is 7.84. The van der Waals surface area contributed by atoms with Crippen LogP contribution >= 0.6 is 0 Å². The number of rotatable bonds is 6. The van der Waals surface area contributed by atoms with Crippen molar-refractivity contribution >= 4 is 11.8 Å². The molecule has 0 bridgehead atoms. The van der Waals surface area contributed by atoms with Crippen LogP contribution in [0.4, 0.5) is 0 Å². The van der Waals surface area contributed by atoms with E-state index in [-0.39, 0.29) is 24.4 Å². The Hall–Kier alpha value is -2.24. The first kappa shape index (κ1) is 17.1. The predicted molar refractivity (Wildman–Crippen MR) is 86.5 cm³/mol. The van der Waals surface area contributed by atoms with E-state index in [9.17, 15) is 9.59 Å². The van der Waals surface area contributed by atoms with Gasteiger partial charge in [0.2, 0.25) is 11.8 Å². The number of methoxy groups -OCH3 is 2. The number of nitrogens with zero attached hydrogens (tertiary/aromatic N) is 1. The van der Waals surface area contributed by atoms with E-state index in [1.165, 1.54) is 0 Å². The number of hydrogen-bond acceptors (Lipinski definition) is 4. The molecule has 1 aromatic rings. The summed E-state index contributed by atoms with van der Waals surface area (Å²) in [7, 11) is 3.16. The van der Waals surface area contributed by atoms with Crippen molar-refractivity contribution in [2.24, 2.45) is 0 Å². The summed E-state index contributed by atoms with van der Waals surface area (Å²) in [5.41, 5.74) is 0.918. The van der Waals surface area contributed by atoms with Crippen LogP contribution in [0, 0.1) is 0 Å². The summed E-state index contributed by atoms with van der Waals surface area (Å²) in [5, 5.41) is 2.92. The molecule has 1 saturated heterocycles. The zero-order valence-electron chi connectivity index (χ0n) is 13.9. The topological polar surface area (TPSA) is 67.9 Å². The molecule has 1 aliphatic heterocycles. The lowest BCUT2D eigenvalue weighted by Crippen LogP contribution is -2.43. The fourth-order valence-corrected chi connectivity index (χ4v) is 2.69. The number of hydrogen-bond donors (Lipinski definition) is 1. The van der Waals surface area contributed by atoms with Gasteiger partial charge in [0.05, 0.1) is 26.8 Å². The highest BCUT2D eigenvalue weighted by Gasteiger charge is 2.21. The highest BCUT2D eigenvalue weighted by molar-refractivity contribution is 5.85. The molecule has 1 fully saturated rings. The molecule has 6 heteroatoms. The zero-order valence-corrected chi connectivity index (χ0v) is 13.9. The highest BCUT2D eigenvalue weighted by Crippen LogP contribution is 2.29. The molecule has 0 spiro atoms. The number of carbonyl (C=O) groups excluding carboxylic acids is 2. The van der Waals surface area contributed by atoms with E-state index in [4.69, 9.17) is 9.47 Å². The smallest absolute Gasteiger partial charge is 0.240 e. The van der Waals surface area contributed by atoms with E-state index in [0.717, 1.165) is 18.4 Å². The van der Waals surface area contributed by atoms with Gasteiger partial charge in [-0.25, -0.2) is 0 Å². The van der Waals surface area contributed by atoms with E-state index >= 15 is 0 Å². The first-order valence-electron chi connectivity index (χ1n) is 7.84. The van der Waals surface area contributed by atoms with E-state index in [1.54, 1.807) is 19.1 Å². The molecule has 1 aliphatic rings. The maximum Gasteiger partial charge on any atom is 0.240 e. The Morgan fingerprint density at radius 1 is 1.26 bits per heavy atom. The highest BCUT2D eigenvalue weighted by atomic mass is 16.5. The number of piperidine rings is 1. The summed E-state index contributed by atoms with van der Waals surface area (Å²) in [4.78, 5) is 25.5. The molecule has 1 atom stereocenters. The monoisotopic (exact) mass is 320 g/mol. The SMILES string of the molecule is COc1ccc([C@@H](C)NC(=O)CN2CCCCC2=O)cc1OC. The van der Waals surface area contributed by atoms with Crippen LogP contribution in [0.2, 0.25) is 0 Å². The van der Waals surface area contributed by atoms with Crippen molar-refractivity contribution in [3.63, 3.8) is 0 Å². The van der Waals surface area contributed by atoms with E-state index in [1.807, 2.05) is 25.1 Å². The maximum absolute atomic E-state index is 12.2. The van der Waals surface area contributed by atoms with Gasteiger partial charge in [0.15, 0.2) is 11.5 Å². The van der Waals surface area contributed by atoms with Crippen LogP contribution in [-0.4, -0.2) is 44.0 Å². The summed E-state index contributed by atoms with van der Waals surface area (Å²) >= 11 is 0. The molecule has 2 amide bonds. The van der Waals surface area contributed by atoms with Crippen LogP contribution in [0.15, 0.2) is 18.2 Å². The molecule has 126 valence electrons. The van der Waals surface area contributed by atoms with Crippen LogP contribution < -0.4 is 14.8 Å². The average Bonchev–Trinajstić information content (AvgIpc) is 2.56. The third-order valence-electron chi connectivity index (χ3n) is 4.04. The third-order valence-corrected chi connectivity index (χ3v) is 4.04. The Balaban J connectivity index is 1.96. The molecule has 1 aromatic carbocycles. The normalized spacial score (nSPS) is 16.0. The zero-order chi connectivity index (χ0) is 16.8. The number of nitrogens with one attached hydrogen (secondary N) is 1.